The van der Waals surface area contributed by atoms with E-state index in [1.54, 1.807) is 21.5 Å². The Morgan fingerprint density at radius 3 is 2.60 bits per heavy atom. The summed E-state index contributed by atoms with van der Waals surface area (Å²) in [5, 5.41) is 24.1. The van der Waals surface area contributed by atoms with Crippen LogP contribution in [-0.4, -0.2) is 41.1 Å². The first-order valence-electron chi connectivity index (χ1n) is 11.7. The Hall–Kier alpha value is -4.27. The van der Waals surface area contributed by atoms with E-state index in [1.807, 2.05) is 48.5 Å². The zero-order chi connectivity index (χ0) is 24.4. The highest BCUT2D eigenvalue weighted by Gasteiger charge is 2.29. The molecule has 0 aliphatic carbocycles. The number of nitrogens with one attached hydrogen (secondary N) is 1. The highest BCUT2D eigenvalue weighted by Crippen LogP contribution is 2.30. The number of allylic oxidation sites excluding steroid dienone is 1. The fourth-order valence-electron chi connectivity index (χ4n) is 4.71. The number of hydrogen-bond donors (Lipinski definition) is 2. The Balaban J connectivity index is 1.49. The van der Waals surface area contributed by atoms with Gasteiger partial charge in [-0.2, -0.15) is 5.21 Å². The number of carboxylic acid groups (broad SMARTS) is 1. The smallest absolute Gasteiger partial charge is 0.332 e. The van der Waals surface area contributed by atoms with Crippen LogP contribution in [0.5, 0.6) is 0 Å². The normalized spacial score (nSPS) is 14.7. The number of rotatable bonds is 8. The van der Waals surface area contributed by atoms with E-state index in [0.29, 0.717) is 30.8 Å². The summed E-state index contributed by atoms with van der Waals surface area (Å²) < 4.78 is 3.25. The van der Waals surface area contributed by atoms with Crippen molar-refractivity contribution in [1.82, 2.24) is 30.0 Å². The number of nitrogens with zero attached hydrogens (tertiary/aromatic N) is 5. The van der Waals surface area contributed by atoms with Gasteiger partial charge in [0.05, 0.1) is 6.54 Å². The van der Waals surface area contributed by atoms with Crippen LogP contribution in [0.15, 0.2) is 65.5 Å². The van der Waals surface area contributed by atoms with E-state index in [4.69, 9.17) is 0 Å². The SMILES string of the molecule is CCCCc1c(Cc2ccc(-c3ccccc3-c3nn[nH]n3)cc2)c(=O)n2n1C(C(=O)O)C=CC2. The lowest BCUT2D eigenvalue weighted by Gasteiger charge is -2.22. The number of aromatic amines is 1. The summed E-state index contributed by atoms with van der Waals surface area (Å²) in [5.74, 6) is -0.433. The number of hydrogen-bond acceptors (Lipinski definition) is 5. The molecular formula is C26H26N6O3. The molecule has 178 valence electrons. The van der Waals surface area contributed by atoms with Crippen LogP contribution < -0.4 is 5.56 Å². The quantitative estimate of drug-likeness (QED) is 0.380. The van der Waals surface area contributed by atoms with Crippen molar-refractivity contribution in [1.29, 1.82) is 0 Å². The number of benzene rings is 2. The van der Waals surface area contributed by atoms with E-state index in [9.17, 15) is 14.7 Å². The molecule has 2 N–H and O–H groups in total. The molecule has 0 radical (unpaired) electrons. The lowest BCUT2D eigenvalue weighted by atomic mass is 9.96. The van der Waals surface area contributed by atoms with Crippen molar-refractivity contribution < 1.29 is 9.90 Å². The summed E-state index contributed by atoms with van der Waals surface area (Å²) in [5.41, 5.74) is 5.24. The number of unbranched alkanes of at least 4 members (excludes halogenated alkanes) is 1. The molecular weight excluding hydrogens is 444 g/mol. The van der Waals surface area contributed by atoms with E-state index >= 15 is 0 Å². The fraction of sp³-hybridized carbons (Fsp3) is 0.269. The van der Waals surface area contributed by atoms with Gasteiger partial charge < -0.3 is 5.11 Å². The monoisotopic (exact) mass is 470 g/mol. The maximum Gasteiger partial charge on any atom is 0.332 e. The topological polar surface area (TPSA) is 119 Å². The third kappa shape index (κ3) is 4.21. The summed E-state index contributed by atoms with van der Waals surface area (Å²) in [7, 11) is 0. The van der Waals surface area contributed by atoms with Gasteiger partial charge in [-0.1, -0.05) is 74.0 Å². The molecule has 4 aromatic rings. The lowest BCUT2D eigenvalue weighted by Crippen LogP contribution is -2.32. The maximum absolute atomic E-state index is 13.3. The summed E-state index contributed by atoms with van der Waals surface area (Å²) in [6.07, 6.45) is 6.38. The molecule has 0 saturated heterocycles. The number of carboxylic acids is 1. The van der Waals surface area contributed by atoms with Gasteiger partial charge in [0.25, 0.3) is 5.56 Å². The zero-order valence-corrected chi connectivity index (χ0v) is 19.4. The van der Waals surface area contributed by atoms with Gasteiger partial charge in [-0.3, -0.25) is 9.48 Å². The van der Waals surface area contributed by atoms with E-state index in [-0.39, 0.29) is 5.56 Å². The van der Waals surface area contributed by atoms with Crippen molar-refractivity contribution in [3.8, 4) is 22.5 Å². The van der Waals surface area contributed by atoms with Crippen molar-refractivity contribution >= 4 is 5.97 Å². The Kier molecular flexibility index (Phi) is 6.13. The Morgan fingerprint density at radius 2 is 1.91 bits per heavy atom. The van der Waals surface area contributed by atoms with Crippen LogP contribution in [0.3, 0.4) is 0 Å². The van der Waals surface area contributed by atoms with Crippen LogP contribution in [0, 0.1) is 0 Å². The second-order valence-corrected chi connectivity index (χ2v) is 8.63. The van der Waals surface area contributed by atoms with E-state index in [2.05, 4.69) is 27.5 Å². The molecule has 1 unspecified atom stereocenters. The molecule has 5 rings (SSSR count). The Morgan fingerprint density at radius 1 is 1.14 bits per heavy atom. The molecule has 9 nitrogen and oxygen atoms in total. The lowest BCUT2D eigenvalue weighted by molar-refractivity contribution is -0.140. The minimum atomic E-state index is -0.960. The van der Waals surface area contributed by atoms with Gasteiger partial charge in [-0.15, -0.1) is 10.2 Å². The first-order valence-corrected chi connectivity index (χ1v) is 11.7. The van der Waals surface area contributed by atoms with Gasteiger partial charge >= 0.3 is 5.97 Å². The Bertz CT molecular complexity index is 1430. The van der Waals surface area contributed by atoms with Gasteiger partial charge in [-0.25, -0.2) is 9.48 Å². The van der Waals surface area contributed by atoms with E-state index in [1.165, 1.54) is 0 Å². The van der Waals surface area contributed by atoms with Crippen LogP contribution in [0.4, 0.5) is 0 Å². The molecule has 9 heteroatoms. The molecule has 0 bridgehead atoms. The molecule has 0 fully saturated rings. The van der Waals surface area contributed by atoms with Crippen molar-refractivity contribution in [3.05, 3.63) is 87.9 Å². The van der Waals surface area contributed by atoms with Crippen LogP contribution in [0.2, 0.25) is 0 Å². The van der Waals surface area contributed by atoms with Crippen molar-refractivity contribution in [3.63, 3.8) is 0 Å². The average Bonchev–Trinajstić information content (AvgIpc) is 3.51. The van der Waals surface area contributed by atoms with Crippen LogP contribution in [-0.2, 0) is 24.2 Å². The zero-order valence-electron chi connectivity index (χ0n) is 19.4. The van der Waals surface area contributed by atoms with Crippen molar-refractivity contribution in [2.24, 2.45) is 0 Å². The number of aromatic nitrogens is 6. The molecule has 0 spiro atoms. The first-order chi connectivity index (χ1) is 17.1. The number of tetrazole rings is 1. The van der Waals surface area contributed by atoms with E-state index in [0.717, 1.165) is 40.8 Å². The highest BCUT2D eigenvalue weighted by atomic mass is 16.4. The predicted molar refractivity (Wildman–Crippen MR) is 131 cm³/mol. The first kappa shape index (κ1) is 22.5. The van der Waals surface area contributed by atoms with Gasteiger partial charge in [0.1, 0.15) is 0 Å². The maximum atomic E-state index is 13.3. The minimum Gasteiger partial charge on any atom is -0.479 e. The molecule has 1 atom stereocenters. The number of carbonyl (C=O) groups is 1. The molecule has 2 aromatic heterocycles. The van der Waals surface area contributed by atoms with Gasteiger partial charge in [0, 0.05) is 23.2 Å². The molecule has 0 amide bonds. The molecule has 35 heavy (non-hydrogen) atoms. The van der Waals surface area contributed by atoms with Crippen molar-refractivity contribution in [2.75, 3.05) is 0 Å². The van der Waals surface area contributed by atoms with Crippen LogP contribution in [0.25, 0.3) is 22.5 Å². The summed E-state index contributed by atoms with van der Waals surface area (Å²) >= 11 is 0. The number of fused-ring (bicyclic) bond motifs is 1. The van der Waals surface area contributed by atoms with E-state index < -0.39 is 12.0 Å². The second kappa shape index (κ2) is 9.54. The van der Waals surface area contributed by atoms with Gasteiger partial charge in [0.2, 0.25) is 5.82 Å². The standard InChI is InChI=1S/C26H26N6O3/c1-2-3-9-22-21(25(33)31-15-6-10-23(26(34)35)32(22)31)16-17-11-13-18(14-12-17)19-7-4-5-8-20(19)24-27-29-30-28-24/h4-8,10-14,23H,2-3,9,15-16H2,1H3,(H,34,35)(H,27,28,29,30). The molecule has 3 heterocycles. The Labute approximate surface area is 201 Å². The van der Waals surface area contributed by atoms with Crippen LogP contribution in [0.1, 0.15) is 42.6 Å². The predicted octanol–water partition coefficient (Wildman–Crippen LogP) is 3.63. The minimum absolute atomic E-state index is 0.113. The van der Waals surface area contributed by atoms with Crippen molar-refractivity contribution in [2.45, 2.75) is 45.2 Å². The molecule has 0 saturated carbocycles. The molecule has 1 aliphatic heterocycles. The largest absolute Gasteiger partial charge is 0.479 e. The summed E-state index contributed by atoms with van der Waals surface area (Å²) in [4.78, 5) is 25.2. The third-order valence-corrected chi connectivity index (χ3v) is 6.42. The third-order valence-electron chi connectivity index (χ3n) is 6.42. The number of aliphatic carboxylic acids is 1. The number of H-pyrrole nitrogens is 1. The fourth-order valence-corrected chi connectivity index (χ4v) is 4.71. The van der Waals surface area contributed by atoms with Gasteiger partial charge in [0.15, 0.2) is 6.04 Å². The second-order valence-electron chi connectivity index (χ2n) is 8.63. The highest BCUT2D eigenvalue weighted by molar-refractivity contribution is 5.80. The summed E-state index contributed by atoms with van der Waals surface area (Å²) in [6.45, 7) is 2.47. The van der Waals surface area contributed by atoms with Crippen LogP contribution >= 0.6 is 0 Å². The molecule has 1 aliphatic rings. The molecule has 2 aromatic carbocycles. The van der Waals surface area contributed by atoms with Gasteiger partial charge in [-0.05, 0) is 34.7 Å². The summed E-state index contributed by atoms with van der Waals surface area (Å²) in [6, 6.07) is 15.1. The average molecular weight is 471 g/mol.